The first-order valence-electron chi connectivity index (χ1n) is 5.48. The standard InChI is InChI=1S/C10H21N3O2/c1-10(15)5-3-7-13(8-10)6-2-4-9(14)12-11/h15H,2-8,11H2,1H3,(H,12,14). The van der Waals surface area contributed by atoms with Crippen molar-refractivity contribution in [2.24, 2.45) is 5.84 Å². The van der Waals surface area contributed by atoms with Gasteiger partial charge in [-0.3, -0.25) is 10.2 Å². The predicted octanol–water partition coefficient (Wildman–Crippen LogP) is -0.397. The van der Waals surface area contributed by atoms with Crippen molar-refractivity contribution in [3.8, 4) is 0 Å². The summed E-state index contributed by atoms with van der Waals surface area (Å²) in [5.74, 6) is 4.86. The van der Waals surface area contributed by atoms with E-state index in [4.69, 9.17) is 5.84 Å². The number of aliphatic hydroxyl groups is 1. The summed E-state index contributed by atoms with van der Waals surface area (Å²) in [5, 5.41) is 9.86. The fourth-order valence-electron chi connectivity index (χ4n) is 2.05. The molecule has 0 aromatic rings. The molecule has 0 aliphatic carbocycles. The highest BCUT2D eigenvalue weighted by Crippen LogP contribution is 2.20. The number of carbonyl (C=O) groups is 1. The Balaban J connectivity index is 2.18. The predicted molar refractivity (Wildman–Crippen MR) is 57.9 cm³/mol. The number of piperidine rings is 1. The highest BCUT2D eigenvalue weighted by Gasteiger charge is 2.27. The van der Waals surface area contributed by atoms with Crippen molar-refractivity contribution >= 4 is 5.91 Å². The molecule has 88 valence electrons. The smallest absolute Gasteiger partial charge is 0.233 e. The molecule has 1 fully saturated rings. The Morgan fingerprint density at radius 3 is 3.00 bits per heavy atom. The van der Waals surface area contributed by atoms with E-state index in [1.807, 2.05) is 6.92 Å². The second kappa shape index (κ2) is 5.44. The molecule has 1 unspecified atom stereocenters. The highest BCUT2D eigenvalue weighted by molar-refractivity contribution is 5.75. The molecule has 1 saturated heterocycles. The maximum atomic E-state index is 10.9. The zero-order valence-corrected chi connectivity index (χ0v) is 9.33. The van der Waals surface area contributed by atoms with E-state index in [1.54, 1.807) is 0 Å². The Bertz CT molecular complexity index is 219. The summed E-state index contributed by atoms with van der Waals surface area (Å²) in [5.41, 5.74) is 1.55. The summed E-state index contributed by atoms with van der Waals surface area (Å²) in [6.07, 6.45) is 3.14. The van der Waals surface area contributed by atoms with Crippen molar-refractivity contribution in [2.45, 2.75) is 38.2 Å². The van der Waals surface area contributed by atoms with Crippen molar-refractivity contribution in [1.82, 2.24) is 10.3 Å². The van der Waals surface area contributed by atoms with Gasteiger partial charge >= 0.3 is 0 Å². The van der Waals surface area contributed by atoms with Gasteiger partial charge in [-0.1, -0.05) is 0 Å². The van der Waals surface area contributed by atoms with Crippen LogP contribution < -0.4 is 11.3 Å². The van der Waals surface area contributed by atoms with Crippen LogP contribution in [-0.4, -0.2) is 41.1 Å². The topological polar surface area (TPSA) is 78.6 Å². The Kier molecular flexibility index (Phi) is 4.50. The van der Waals surface area contributed by atoms with Crippen molar-refractivity contribution in [1.29, 1.82) is 0 Å². The normalized spacial score (nSPS) is 27.7. The maximum absolute atomic E-state index is 10.9. The molecule has 1 amide bonds. The summed E-state index contributed by atoms with van der Waals surface area (Å²) in [7, 11) is 0. The zero-order valence-electron chi connectivity index (χ0n) is 9.33. The lowest BCUT2D eigenvalue weighted by molar-refractivity contribution is -0.121. The third-order valence-corrected chi connectivity index (χ3v) is 2.79. The Morgan fingerprint density at radius 2 is 2.40 bits per heavy atom. The molecule has 15 heavy (non-hydrogen) atoms. The largest absolute Gasteiger partial charge is 0.389 e. The molecule has 0 saturated carbocycles. The molecule has 5 heteroatoms. The zero-order chi connectivity index (χ0) is 11.3. The van der Waals surface area contributed by atoms with Crippen LogP contribution in [0, 0.1) is 0 Å². The number of amides is 1. The van der Waals surface area contributed by atoms with Gasteiger partial charge in [-0.15, -0.1) is 0 Å². The van der Waals surface area contributed by atoms with Crippen LogP contribution in [-0.2, 0) is 4.79 Å². The van der Waals surface area contributed by atoms with Crippen LogP contribution in [0.2, 0.25) is 0 Å². The number of carbonyl (C=O) groups excluding carboxylic acids is 1. The number of rotatable bonds is 4. The number of nitrogens with two attached hydrogens (primary N) is 1. The average molecular weight is 215 g/mol. The molecule has 0 aromatic heterocycles. The first-order chi connectivity index (χ1) is 7.03. The van der Waals surface area contributed by atoms with Crippen LogP contribution in [0.1, 0.15) is 32.6 Å². The number of likely N-dealkylation sites (tertiary alicyclic amines) is 1. The molecule has 0 spiro atoms. The number of hydrogen-bond acceptors (Lipinski definition) is 4. The Labute approximate surface area is 90.6 Å². The van der Waals surface area contributed by atoms with Crippen LogP contribution in [0.4, 0.5) is 0 Å². The van der Waals surface area contributed by atoms with Crippen LogP contribution in [0.3, 0.4) is 0 Å². The Morgan fingerprint density at radius 1 is 1.67 bits per heavy atom. The van der Waals surface area contributed by atoms with Crippen molar-refractivity contribution < 1.29 is 9.90 Å². The second-order valence-electron chi connectivity index (χ2n) is 4.55. The molecule has 1 heterocycles. The molecule has 1 rings (SSSR count). The molecular weight excluding hydrogens is 194 g/mol. The average Bonchev–Trinajstić information content (AvgIpc) is 2.16. The Hall–Kier alpha value is -0.650. The summed E-state index contributed by atoms with van der Waals surface area (Å²) < 4.78 is 0. The van der Waals surface area contributed by atoms with Gasteiger partial charge in [0.15, 0.2) is 0 Å². The molecule has 4 N–H and O–H groups in total. The SMILES string of the molecule is CC1(O)CCCN(CCCC(=O)NN)C1. The molecule has 0 bridgehead atoms. The number of hydrazine groups is 1. The lowest BCUT2D eigenvalue weighted by Crippen LogP contribution is -2.46. The number of hydrogen-bond donors (Lipinski definition) is 3. The van der Waals surface area contributed by atoms with E-state index in [0.29, 0.717) is 13.0 Å². The van der Waals surface area contributed by atoms with Gasteiger partial charge in [0.25, 0.3) is 0 Å². The van der Waals surface area contributed by atoms with E-state index in [9.17, 15) is 9.90 Å². The van der Waals surface area contributed by atoms with Gasteiger partial charge in [-0.25, -0.2) is 5.84 Å². The van der Waals surface area contributed by atoms with E-state index in [0.717, 1.165) is 32.4 Å². The lowest BCUT2D eigenvalue weighted by Gasteiger charge is -2.36. The van der Waals surface area contributed by atoms with Gasteiger partial charge in [0, 0.05) is 13.0 Å². The van der Waals surface area contributed by atoms with E-state index in [1.165, 1.54) is 0 Å². The summed E-state index contributed by atoms with van der Waals surface area (Å²) in [4.78, 5) is 13.1. The summed E-state index contributed by atoms with van der Waals surface area (Å²) in [6, 6.07) is 0. The van der Waals surface area contributed by atoms with Crippen LogP contribution in [0.5, 0.6) is 0 Å². The highest BCUT2D eigenvalue weighted by atomic mass is 16.3. The van der Waals surface area contributed by atoms with Gasteiger partial charge in [0.2, 0.25) is 5.91 Å². The number of nitrogens with zero attached hydrogens (tertiary/aromatic N) is 1. The first kappa shape index (κ1) is 12.4. The van der Waals surface area contributed by atoms with Gasteiger partial charge < -0.3 is 10.0 Å². The van der Waals surface area contributed by atoms with Crippen molar-refractivity contribution in [2.75, 3.05) is 19.6 Å². The van der Waals surface area contributed by atoms with Gasteiger partial charge in [0.1, 0.15) is 0 Å². The van der Waals surface area contributed by atoms with E-state index < -0.39 is 5.60 Å². The minimum Gasteiger partial charge on any atom is -0.389 e. The molecule has 0 radical (unpaired) electrons. The third kappa shape index (κ3) is 4.59. The lowest BCUT2D eigenvalue weighted by atomic mass is 9.95. The molecule has 0 aromatic carbocycles. The van der Waals surface area contributed by atoms with E-state index in [-0.39, 0.29) is 5.91 Å². The van der Waals surface area contributed by atoms with E-state index >= 15 is 0 Å². The van der Waals surface area contributed by atoms with Gasteiger partial charge in [-0.05, 0) is 39.3 Å². The van der Waals surface area contributed by atoms with Crippen LogP contribution in [0.25, 0.3) is 0 Å². The minimum atomic E-state index is -0.561. The van der Waals surface area contributed by atoms with Gasteiger partial charge in [0.05, 0.1) is 5.60 Å². The quantitative estimate of drug-likeness (QED) is 0.339. The van der Waals surface area contributed by atoms with Crippen molar-refractivity contribution in [3.63, 3.8) is 0 Å². The number of β-amino-alcohol motifs (C(OH)–C–C–N with tert-alkyl or cyclic N) is 1. The molecule has 1 aliphatic rings. The first-order valence-corrected chi connectivity index (χ1v) is 5.48. The monoisotopic (exact) mass is 215 g/mol. The van der Waals surface area contributed by atoms with Crippen molar-refractivity contribution in [3.05, 3.63) is 0 Å². The molecular formula is C10H21N3O2. The van der Waals surface area contributed by atoms with Crippen LogP contribution >= 0.6 is 0 Å². The summed E-state index contributed by atoms with van der Waals surface area (Å²) >= 11 is 0. The molecule has 1 aliphatic heterocycles. The minimum absolute atomic E-state index is 0.126. The van der Waals surface area contributed by atoms with E-state index in [2.05, 4.69) is 10.3 Å². The number of nitrogens with one attached hydrogen (secondary N) is 1. The molecule has 5 nitrogen and oxygen atoms in total. The second-order valence-corrected chi connectivity index (χ2v) is 4.55. The molecule has 1 atom stereocenters. The summed E-state index contributed by atoms with van der Waals surface area (Å²) in [6.45, 7) is 4.44. The van der Waals surface area contributed by atoms with Gasteiger partial charge in [-0.2, -0.15) is 0 Å². The fraction of sp³-hybridized carbons (Fsp3) is 0.900. The third-order valence-electron chi connectivity index (χ3n) is 2.79. The maximum Gasteiger partial charge on any atom is 0.233 e. The fourth-order valence-corrected chi connectivity index (χ4v) is 2.05. The van der Waals surface area contributed by atoms with Crippen LogP contribution in [0.15, 0.2) is 0 Å².